The highest BCUT2D eigenvalue weighted by atomic mass is 16.5. The topological polar surface area (TPSA) is 58.6 Å². The van der Waals surface area contributed by atoms with Crippen LogP contribution in [0.4, 0.5) is 5.82 Å². The van der Waals surface area contributed by atoms with Crippen molar-refractivity contribution < 1.29 is 9.53 Å². The minimum atomic E-state index is -0.447. The van der Waals surface area contributed by atoms with E-state index in [0.717, 1.165) is 23.7 Å². The van der Waals surface area contributed by atoms with Crippen molar-refractivity contribution in [1.82, 2.24) is 14.9 Å². The summed E-state index contributed by atoms with van der Waals surface area (Å²) in [5.41, 5.74) is 0.252. The number of anilines is 1. The third-order valence-electron chi connectivity index (χ3n) is 5.64. The van der Waals surface area contributed by atoms with E-state index in [2.05, 4.69) is 45.6 Å². The van der Waals surface area contributed by atoms with E-state index in [-0.39, 0.29) is 5.69 Å². The first-order valence-electron chi connectivity index (χ1n) is 8.29. The lowest BCUT2D eigenvalue weighted by Crippen LogP contribution is -2.32. The Morgan fingerprint density at radius 3 is 2.13 bits per heavy atom. The van der Waals surface area contributed by atoms with Gasteiger partial charge in [-0.1, -0.05) is 0 Å². The highest BCUT2D eigenvalue weighted by molar-refractivity contribution is 5.86. The zero-order chi connectivity index (χ0) is 16.6. The fourth-order valence-corrected chi connectivity index (χ4v) is 4.19. The number of carbonyl (C=O) groups is 1. The minimum absolute atomic E-state index is 0.252. The predicted octanol–water partition coefficient (Wildman–Crippen LogP) is 1.82. The maximum absolute atomic E-state index is 11.4. The number of hydrogen-bond acceptors (Lipinski definition) is 6. The molecule has 3 rings (SSSR count). The van der Waals surface area contributed by atoms with Crippen molar-refractivity contribution in [2.75, 3.05) is 33.2 Å². The molecule has 0 bridgehead atoms. The van der Waals surface area contributed by atoms with Crippen LogP contribution in [0.1, 0.15) is 36.2 Å². The molecule has 4 atom stereocenters. The van der Waals surface area contributed by atoms with Gasteiger partial charge in [0.2, 0.25) is 0 Å². The fraction of sp³-hybridized carbons (Fsp3) is 0.706. The average molecular weight is 318 g/mol. The van der Waals surface area contributed by atoms with Gasteiger partial charge in [-0.05, 0) is 51.6 Å². The SMILES string of the molecule is COC(=O)c1cnc(N(C)C2C[C@H]3CC(N(C)C)C[C@H]3C2)cn1. The summed E-state index contributed by atoms with van der Waals surface area (Å²) in [7, 11) is 7.81. The molecule has 0 radical (unpaired) electrons. The van der Waals surface area contributed by atoms with Crippen LogP contribution in [-0.4, -0.2) is 61.2 Å². The predicted molar refractivity (Wildman–Crippen MR) is 88.5 cm³/mol. The third-order valence-corrected chi connectivity index (χ3v) is 5.64. The van der Waals surface area contributed by atoms with Gasteiger partial charge in [-0.2, -0.15) is 0 Å². The van der Waals surface area contributed by atoms with Crippen LogP contribution in [0.5, 0.6) is 0 Å². The van der Waals surface area contributed by atoms with Crippen molar-refractivity contribution in [2.45, 2.75) is 37.8 Å². The highest BCUT2D eigenvalue weighted by Gasteiger charge is 2.43. The average Bonchev–Trinajstić information content (AvgIpc) is 3.12. The maximum atomic E-state index is 11.4. The summed E-state index contributed by atoms with van der Waals surface area (Å²) in [6.07, 6.45) is 8.25. The number of fused-ring (bicyclic) bond motifs is 1. The first-order chi connectivity index (χ1) is 11.0. The largest absolute Gasteiger partial charge is 0.464 e. The molecule has 0 spiro atoms. The van der Waals surface area contributed by atoms with E-state index in [4.69, 9.17) is 0 Å². The van der Waals surface area contributed by atoms with Crippen LogP contribution in [-0.2, 0) is 4.74 Å². The highest BCUT2D eigenvalue weighted by Crippen LogP contribution is 2.46. The van der Waals surface area contributed by atoms with Crippen LogP contribution < -0.4 is 4.90 Å². The molecule has 0 amide bonds. The van der Waals surface area contributed by atoms with Crippen LogP contribution in [0, 0.1) is 11.8 Å². The van der Waals surface area contributed by atoms with Gasteiger partial charge in [0, 0.05) is 19.1 Å². The second-order valence-corrected chi connectivity index (χ2v) is 7.10. The molecule has 126 valence electrons. The molecule has 6 heteroatoms. The van der Waals surface area contributed by atoms with Crippen molar-refractivity contribution in [1.29, 1.82) is 0 Å². The molecule has 2 aliphatic carbocycles. The summed E-state index contributed by atoms with van der Waals surface area (Å²) in [4.78, 5) is 24.6. The van der Waals surface area contributed by atoms with Gasteiger partial charge in [0.25, 0.3) is 0 Å². The number of ether oxygens (including phenoxy) is 1. The van der Waals surface area contributed by atoms with Crippen molar-refractivity contribution in [2.24, 2.45) is 11.8 Å². The molecule has 0 aliphatic heterocycles. The monoisotopic (exact) mass is 318 g/mol. The Bertz CT molecular complexity index is 546. The quantitative estimate of drug-likeness (QED) is 0.789. The molecular weight excluding hydrogens is 292 g/mol. The van der Waals surface area contributed by atoms with Crippen LogP contribution in [0.3, 0.4) is 0 Å². The van der Waals surface area contributed by atoms with Crippen molar-refractivity contribution >= 4 is 11.8 Å². The van der Waals surface area contributed by atoms with Gasteiger partial charge in [0.1, 0.15) is 5.82 Å². The van der Waals surface area contributed by atoms with Gasteiger partial charge < -0.3 is 14.5 Å². The molecule has 2 aliphatic rings. The van der Waals surface area contributed by atoms with Crippen LogP contribution in [0.2, 0.25) is 0 Å². The van der Waals surface area contributed by atoms with Gasteiger partial charge in [-0.15, -0.1) is 0 Å². The molecule has 0 saturated heterocycles. The van der Waals surface area contributed by atoms with Crippen LogP contribution >= 0.6 is 0 Å². The molecule has 2 unspecified atom stereocenters. The Morgan fingerprint density at radius 2 is 1.65 bits per heavy atom. The van der Waals surface area contributed by atoms with E-state index in [9.17, 15) is 4.79 Å². The van der Waals surface area contributed by atoms with Crippen LogP contribution in [0.25, 0.3) is 0 Å². The van der Waals surface area contributed by atoms with Crippen molar-refractivity contribution in [3.63, 3.8) is 0 Å². The Kier molecular flexibility index (Phi) is 4.53. The molecule has 0 N–H and O–H groups in total. The van der Waals surface area contributed by atoms with E-state index in [0.29, 0.717) is 6.04 Å². The van der Waals surface area contributed by atoms with E-state index in [1.54, 1.807) is 6.20 Å². The Balaban J connectivity index is 1.62. The molecule has 23 heavy (non-hydrogen) atoms. The number of rotatable bonds is 4. The first kappa shape index (κ1) is 16.2. The lowest BCUT2D eigenvalue weighted by molar-refractivity contribution is 0.0593. The lowest BCUT2D eigenvalue weighted by atomic mass is 10.0. The zero-order valence-corrected chi connectivity index (χ0v) is 14.4. The molecule has 1 heterocycles. The molecule has 2 saturated carbocycles. The Labute approximate surface area is 137 Å². The number of nitrogens with zero attached hydrogens (tertiary/aromatic N) is 4. The molecule has 6 nitrogen and oxygen atoms in total. The van der Waals surface area contributed by atoms with E-state index in [1.807, 2.05) is 0 Å². The minimum Gasteiger partial charge on any atom is -0.464 e. The molecule has 0 aromatic carbocycles. The van der Waals surface area contributed by atoms with E-state index >= 15 is 0 Å². The fourth-order valence-electron chi connectivity index (χ4n) is 4.19. The van der Waals surface area contributed by atoms with Gasteiger partial charge in [0.15, 0.2) is 5.69 Å². The molecule has 1 aromatic rings. The van der Waals surface area contributed by atoms with Gasteiger partial charge in [0.05, 0.1) is 19.5 Å². The van der Waals surface area contributed by atoms with Gasteiger partial charge >= 0.3 is 5.97 Å². The lowest BCUT2D eigenvalue weighted by Gasteiger charge is -2.27. The molecular formula is C17H26N4O2. The Morgan fingerprint density at radius 1 is 1.04 bits per heavy atom. The summed E-state index contributed by atoms with van der Waals surface area (Å²) in [6, 6.07) is 1.27. The summed E-state index contributed by atoms with van der Waals surface area (Å²) in [5.74, 6) is 2.04. The third kappa shape index (κ3) is 3.17. The normalized spacial score (nSPS) is 29.6. The zero-order valence-electron chi connectivity index (χ0n) is 14.4. The molecule has 1 aromatic heterocycles. The maximum Gasteiger partial charge on any atom is 0.358 e. The Hall–Kier alpha value is -1.69. The number of carbonyl (C=O) groups excluding carboxylic acids is 1. The van der Waals surface area contributed by atoms with Gasteiger partial charge in [-0.25, -0.2) is 14.8 Å². The van der Waals surface area contributed by atoms with Gasteiger partial charge in [-0.3, -0.25) is 0 Å². The summed E-state index contributed by atoms with van der Waals surface area (Å²) < 4.78 is 4.66. The number of aromatic nitrogens is 2. The first-order valence-corrected chi connectivity index (χ1v) is 8.29. The number of methoxy groups -OCH3 is 1. The number of hydrogen-bond donors (Lipinski definition) is 0. The molecule has 2 fully saturated rings. The summed E-state index contributed by atoms with van der Waals surface area (Å²) in [5, 5.41) is 0. The van der Waals surface area contributed by atoms with Crippen LogP contribution in [0.15, 0.2) is 12.4 Å². The van der Waals surface area contributed by atoms with E-state index in [1.165, 1.54) is 39.0 Å². The smallest absolute Gasteiger partial charge is 0.358 e. The summed E-state index contributed by atoms with van der Waals surface area (Å²) in [6.45, 7) is 0. The van der Waals surface area contributed by atoms with E-state index < -0.39 is 5.97 Å². The number of esters is 1. The second kappa shape index (κ2) is 6.43. The standard InChI is InChI=1S/C17H26N4O2/c1-20(2)13-5-11-7-14(8-12(11)6-13)21(3)16-10-18-15(9-19-16)17(22)23-4/h9-14H,5-8H2,1-4H3/t11-,12+,13?,14?. The van der Waals surface area contributed by atoms with Crippen molar-refractivity contribution in [3.8, 4) is 0 Å². The van der Waals surface area contributed by atoms with Crippen molar-refractivity contribution in [3.05, 3.63) is 18.1 Å². The summed E-state index contributed by atoms with van der Waals surface area (Å²) >= 11 is 0. The second-order valence-electron chi connectivity index (χ2n) is 7.10.